The summed E-state index contributed by atoms with van der Waals surface area (Å²) in [5, 5.41) is 8.01. The highest BCUT2D eigenvalue weighted by Gasteiger charge is 2.35. The summed E-state index contributed by atoms with van der Waals surface area (Å²) >= 11 is 8.58. The lowest BCUT2D eigenvalue weighted by Crippen LogP contribution is -2.42. The van der Waals surface area contributed by atoms with Gasteiger partial charge in [-0.05, 0) is 65.0 Å². The number of pyridine rings is 1. The molecule has 0 aromatic carbocycles. The van der Waals surface area contributed by atoms with Gasteiger partial charge in [0.15, 0.2) is 5.11 Å². The summed E-state index contributed by atoms with van der Waals surface area (Å²) in [5.74, 6) is 1.35. The average Bonchev–Trinajstić information content (AvgIpc) is 3.01. The van der Waals surface area contributed by atoms with Gasteiger partial charge >= 0.3 is 0 Å². The van der Waals surface area contributed by atoms with E-state index in [0.717, 1.165) is 16.2 Å². The fraction of sp³-hybridized carbons (Fsp3) is 0.357. The fourth-order valence-electron chi connectivity index (χ4n) is 2.80. The lowest BCUT2D eigenvalue weighted by Gasteiger charge is -2.20. The molecule has 0 amide bonds. The van der Waals surface area contributed by atoms with E-state index in [4.69, 9.17) is 12.2 Å². The van der Waals surface area contributed by atoms with E-state index in [-0.39, 0.29) is 0 Å². The van der Waals surface area contributed by atoms with E-state index >= 15 is 0 Å². The Balaban J connectivity index is 1.49. The SMILES string of the molecule is S=C(NN=Cc1cccc(Br)n1)NC1CC2C=CC1C2. The smallest absolute Gasteiger partial charge is 0.187 e. The lowest BCUT2D eigenvalue weighted by atomic mass is 10.0. The number of halogens is 1. The zero-order chi connectivity index (χ0) is 13.9. The summed E-state index contributed by atoms with van der Waals surface area (Å²) < 4.78 is 0.788. The molecule has 0 radical (unpaired) electrons. The molecule has 3 rings (SSSR count). The molecular weight excluding hydrogens is 336 g/mol. The van der Waals surface area contributed by atoms with Crippen molar-refractivity contribution in [2.24, 2.45) is 16.9 Å². The van der Waals surface area contributed by atoms with Gasteiger partial charge in [-0.3, -0.25) is 5.43 Å². The quantitative estimate of drug-likeness (QED) is 0.289. The average molecular weight is 351 g/mol. The molecule has 3 atom stereocenters. The van der Waals surface area contributed by atoms with E-state index in [9.17, 15) is 0 Å². The van der Waals surface area contributed by atoms with E-state index in [2.05, 4.69) is 48.9 Å². The standard InChI is InChI=1S/C14H15BrN4S/c15-13-3-1-2-11(17-13)8-16-19-14(20)18-12-7-9-4-5-10(12)6-9/h1-5,8-10,12H,6-7H2,(H2,18,19,20). The predicted octanol–water partition coefficient (Wildman–Crippen LogP) is 2.61. The van der Waals surface area contributed by atoms with Crippen LogP contribution in [0.15, 0.2) is 40.1 Å². The van der Waals surface area contributed by atoms with Gasteiger partial charge in [0, 0.05) is 6.04 Å². The van der Waals surface area contributed by atoms with E-state index in [0.29, 0.717) is 17.1 Å². The number of allylic oxidation sites excluding steroid dienone is 1. The van der Waals surface area contributed by atoms with Crippen LogP contribution in [-0.4, -0.2) is 22.4 Å². The summed E-state index contributed by atoms with van der Waals surface area (Å²) in [6.45, 7) is 0. The Morgan fingerprint density at radius 1 is 1.40 bits per heavy atom. The molecule has 3 unspecified atom stereocenters. The Kier molecular flexibility index (Phi) is 4.12. The summed E-state index contributed by atoms with van der Waals surface area (Å²) in [6.07, 6.45) is 8.68. The molecule has 1 saturated carbocycles. The Morgan fingerprint density at radius 2 is 2.30 bits per heavy atom. The molecule has 1 aromatic rings. The highest BCUT2D eigenvalue weighted by Crippen LogP contribution is 2.38. The predicted molar refractivity (Wildman–Crippen MR) is 87.5 cm³/mol. The highest BCUT2D eigenvalue weighted by molar-refractivity contribution is 9.10. The molecule has 4 nitrogen and oxygen atoms in total. The lowest BCUT2D eigenvalue weighted by molar-refractivity contribution is 0.521. The number of hydrogen-bond acceptors (Lipinski definition) is 3. The van der Waals surface area contributed by atoms with Gasteiger partial charge in [-0.1, -0.05) is 18.2 Å². The van der Waals surface area contributed by atoms with Crippen molar-refractivity contribution in [2.75, 3.05) is 0 Å². The molecule has 0 aliphatic heterocycles. The molecule has 1 fully saturated rings. The van der Waals surface area contributed by atoms with Crippen molar-refractivity contribution in [3.8, 4) is 0 Å². The third-order valence-electron chi connectivity index (χ3n) is 3.69. The highest BCUT2D eigenvalue weighted by atomic mass is 79.9. The maximum Gasteiger partial charge on any atom is 0.187 e. The van der Waals surface area contributed by atoms with Gasteiger partial charge in [0.1, 0.15) is 4.60 Å². The van der Waals surface area contributed by atoms with Crippen molar-refractivity contribution in [2.45, 2.75) is 18.9 Å². The third-order valence-corrected chi connectivity index (χ3v) is 4.35. The van der Waals surface area contributed by atoms with Crippen molar-refractivity contribution in [3.05, 3.63) is 40.6 Å². The first-order valence-electron chi connectivity index (χ1n) is 6.61. The van der Waals surface area contributed by atoms with Crippen molar-refractivity contribution in [1.82, 2.24) is 15.7 Å². The molecule has 104 valence electrons. The number of fused-ring (bicyclic) bond motifs is 2. The van der Waals surface area contributed by atoms with Crippen LogP contribution in [-0.2, 0) is 0 Å². The van der Waals surface area contributed by atoms with Gasteiger partial charge in [-0.25, -0.2) is 4.98 Å². The van der Waals surface area contributed by atoms with E-state index in [1.807, 2.05) is 18.2 Å². The van der Waals surface area contributed by atoms with Crippen LogP contribution in [0.4, 0.5) is 0 Å². The molecule has 6 heteroatoms. The molecule has 20 heavy (non-hydrogen) atoms. The van der Waals surface area contributed by atoms with Crippen LogP contribution in [0.25, 0.3) is 0 Å². The molecule has 0 spiro atoms. The maximum absolute atomic E-state index is 5.26. The number of thiocarbonyl (C=S) groups is 1. The Morgan fingerprint density at radius 3 is 3.00 bits per heavy atom. The molecule has 2 N–H and O–H groups in total. The molecular formula is C14H15BrN4S. The summed E-state index contributed by atoms with van der Waals surface area (Å²) in [6, 6.07) is 6.12. The first-order valence-corrected chi connectivity index (χ1v) is 7.81. The summed E-state index contributed by atoms with van der Waals surface area (Å²) in [7, 11) is 0. The molecule has 2 aliphatic rings. The van der Waals surface area contributed by atoms with Gasteiger partial charge in [-0.15, -0.1) is 0 Å². The molecule has 2 aliphatic carbocycles. The Hall–Kier alpha value is -1.27. The van der Waals surface area contributed by atoms with Gasteiger partial charge in [0.2, 0.25) is 0 Å². The van der Waals surface area contributed by atoms with Crippen molar-refractivity contribution in [1.29, 1.82) is 0 Å². The van der Waals surface area contributed by atoms with Crippen LogP contribution < -0.4 is 10.7 Å². The number of hydrogen-bond donors (Lipinski definition) is 2. The number of hydrazone groups is 1. The zero-order valence-corrected chi connectivity index (χ0v) is 13.2. The minimum Gasteiger partial charge on any atom is -0.358 e. The first kappa shape index (κ1) is 13.7. The van der Waals surface area contributed by atoms with Crippen LogP contribution in [0.5, 0.6) is 0 Å². The Bertz CT molecular complexity index is 572. The van der Waals surface area contributed by atoms with Gasteiger partial charge < -0.3 is 5.32 Å². The normalized spacial score (nSPS) is 27.1. The van der Waals surface area contributed by atoms with Gasteiger partial charge in [0.25, 0.3) is 0 Å². The van der Waals surface area contributed by atoms with Gasteiger partial charge in [-0.2, -0.15) is 5.10 Å². The second kappa shape index (κ2) is 6.01. The second-order valence-electron chi connectivity index (χ2n) is 5.12. The monoisotopic (exact) mass is 350 g/mol. The summed E-state index contributed by atoms with van der Waals surface area (Å²) in [5.41, 5.74) is 3.62. The third kappa shape index (κ3) is 3.24. The van der Waals surface area contributed by atoms with Crippen LogP contribution in [0, 0.1) is 11.8 Å². The fourth-order valence-corrected chi connectivity index (χ4v) is 3.36. The van der Waals surface area contributed by atoms with Crippen molar-refractivity contribution in [3.63, 3.8) is 0 Å². The number of aromatic nitrogens is 1. The van der Waals surface area contributed by atoms with E-state index in [1.54, 1.807) is 6.21 Å². The zero-order valence-electron chi connectivity index (χ0n) is 10.8. The van der Waals surface area contributed by atoms with Crippen molar-refractivity contribution < 1.29 is 0 Å². The van der Waals surface area contributed by atoms with Crippen LogP contribution in [0.3, 0.4) is 0 Å². The molecule has 1 aromatic heterocycles. The second-order valence-corrected chi connectivity index (χ2v) is 6.34. The Labute approximate surface area is 131 Å². The minimum absolute atomic E-state index is 0.448. The van der Waals surface area contributed by atoms with Crippen LogP contribution in [0.2, 0.25) is 0 Å². The van der Waals surface area contributed by atoms with Crippen LogP contribution >= 0.6 is 28.1 Å². The topological polar surface area (TPSA) is 49.3 Å². The number of rotatable bonds is 3. The van der Waals surface area contributed by atoms with Gasteiger partial charge in [0.05, 0.1) is 11.9 Å². The van der Waals surface area contributed by atoms with E-state index < -0.39 is 0 Å². The molecule has 0 saturated heterocycles. The first-order chi connectivity index (χ1) is 9.70. The van der Waals surface area contributed by atoms with Crippen LogP contribution in [0.1, 0.15) is 18.5 Å². The minimum atomic E-state index is 0.448. The molecule has 2 bridgehead atoms. The van der Waals surface area contributed by atoms with Crippen molar-refractivity contribution >= 4 is 39.5 Å². The molecule has 1 heterocycles. The van der Waals surface area contributed by atoms with E-state index in [1.165, 1.54) is 12.8 Å². The summed E-state index contributed by atoms with van der Waals surface area (Å²) in [4.78, 5) is 4.26. The largest absolute Gasteiger partial charge is 0.358 e. The maximum atomic E-state index is 5.26. The number of nitrogens with one attached hydrogen (secondary N) is 2. The number of nitrogens with zero attached hydrogens (tertiary/aromatic N) is 2.